The van der Waals surface area contributed by atoms with E-state index in [1.165, 1.54) is 0 Å². The molecule has 1 atom stereocenters. The maximum Gasteiger partial charge on any atom is 0.321 e. The molecule has 1 saturated heterocycles. The minimum absolute atomic E-state index is 0.0417. The van der Waals surface area contributed by atoms with Gasteiger partial charge in [-0.25, -0.2) is 4.79 Å². The van der Waals surface area contributed by atoms with Gasteiger partial charge in [-0.2, -0.15) is 0 Å². The van der Waals surface area contributed by atoms with Gasteiger partial charge < -0.3 is 20.7 Å². The van der Waals surface area contributed by atoms with E-state index in [0.717, 1.165) is 37.2 Å². The van der Waals surface area contributed by atoms with E-state index in [-0.39, 0.29) is 6.03 Å². The molecule has 1 heterocycles. The molecular formula is C15H23N3O2. The number of benzene rings is 1. The Morgan fingerprint density at radius 3 is 3.15 bits per heavy atom. The van der Waals surface area contributed by atoms with E-state index in [1.54, 1.807) is 7.11 Å². The number of likely N-dealkylation sites (tertiary alicyclic amines) is 1. The molecule has 5 nitrogen and oxygen atoms in total. The van der Waals surface area contributed by atoms with Crippen molar-refractivity contribution in [2.45, 2.75) is 19.4 Å². The Labute approximate surface area is 120 Å². The zero-order chi connectivity index (χ0) is 14.4. The molecule has 1 aromatic carbocycles. The van der Waals surface area contributed by atoms with Crippen LogP contribution in [0.4, 0.5) is 10.5 Å². The van der Waals surface area contributed by atoms with Crippen LogP contribution in [0.2, 0.25) is 0 Å². The molecule has 0 aromatic heterocycles. The van der Waals surface area contributed by atoms with E-state index >= 15 is 0 Å². The summed E-state index contributed by atoms with van der Waals surface area (Å²) in [7, 11) is 1.71. The first-order chi connectivity index (χ1) is 9.72. The molecule has 1 aliphatic heterocycles. The number of anilines is 1. The van der Waals surface area contributed by atoms with Crippen molar-refractivity contribution >= 4 is 11.7 Å². The van der Waals surface area contributed by atoms with Crippen molar-refractivity contribution in [3.63, 3.8) is 0 Å². The molecule has 1 unspecified atom stereocenters. The second-order valence-corrected chi connectivity index (χ2v) is 5.24. The summed E-state index contributed by atoms with van der Waals surface area (Å²) in [4.78, 5) is 14.1. The van der Waals surface area contributed by atoms with Gasteiger partial charge in [-0.3, -0.25) is 0 Å². The van der Waals surface area contributed by atoms with Crippen LogP contribution in [0.15, 0.2) is 24.3 Å². The number of amides is 2. The predicted octanol–water partition coefficient (Wildman–Crippen LogP) is 2.04. The van der Waals surface area contributed by atoms with Gasteiger partial charge in [0.25, 0.3) is 0 Å². The summed E-state index contributed by atoms with van der Waals surface area (Å²) in [5.74, 6) is 0.440. The maximum atomic E-state index is 12.3. The van der Waals surface area contributed by atoms with Gasteiger partial charge in [0.15, 0.2) is 0 Å². The third kappa shape index (κ3) is 3.95. The van der Waals surface area contributed by atoms with Crippen LogP contribution in [-0.2, 0) is 11.3 Å². The molecular weight excluding hydrogens is 254 g/mol. The Kier molecular flexibility index (Phi) is 5.38. The topological polar surface area (TPSA) is 67.6 Å². The summed E-state index contributed by atoms with van der Waals surface area (Å²) >= 11 is 0. The Morgan fingerprint density at radius 1 is 1.55 bits per heavy atom. The Hall–Kier alpha value is -1.59. The monoisotopic (exact) mass is 277 g/mol. The van der Waals surface area contributed by atoms with Crippen LogP contribution in [0.3, 0.4) is 0 Å². The summed E-state index contributed by atoms with van der Waals surface area (Å²) in [5, 5.41) is 2.94. The summed E-state index contributed by atoms with van der Waals surface area (Å²) < 4.78 is 5.19. The number of nitrogens with two attached hydrogens (primary N) is 1. The van der Waals surface area contributed by atoms with E-state index in [1.807, 2.05) is 29.2 Å². The summed E-state index contributed by atoms with van der Waals surface area (Å²) in [5.41, 5.74) is 7.42. The minimum atomic E-state index is -0.0417. The Morgan fingerprint density at radius 2 is 2.40 bits per heavy atom. The van der Waals surface area contributed by atoms with E-state index in [4.69, 9.17) is 10.5 Å². The first-order valence-electron chi connectivity index (χ1n) is 7.07. The maximum absolute atomic E-state index is 12.3. The molecule has 1 aliphatic rings. The van der Waals surface area contributed by atoms with Crippen LogP contribution in [-0.4, -0.2) is 37.7 Å². The van der Waals surface area contributed by atoms with E-state index in [0.29, 0.717) is 19.1 Å². The smallest absolute Gasteiger partial charge is 0.321 e. The number of rotatable bonds is 4. The second-order valence-electron chi connectivity index (χ2n) is 5.24. The van der Waals surface area contributed by atoms with Crippen LogP contribution in [0.1, 0.15) is 18.4 Å². The van der Waals surface area contributed by atoms with Crippen LogP contribution < -0.4 is 11.1 Å². The number of urea groups is 1. The van der Waals surface area contributed by atoms with Crippen LogP contribution in [0.5, 0.6) is 0 Å². The number of ether oxygens (including phenoxy) is 1. The summed E-state index contributed by atoms with van der Waals surface area (Å²) in [6.45, 7) is 2.76. The molecule has 2 rings (SSSR count). The van der Waals surface area contributed by atoms with Crippen molar-refractivity contribution in [1.82, 2.24) is 4.90 Å². The van der Waals surface area contributed by atoms with E-state index in [2.05, 4.69) is 5.32 Å². The Bertz CT molecular complexity index is 448. The number of methoxy groups -OCH3 is 1. The van der Waals surface area contributed by atoms with Crippen molar-refractivity contribution < 1.29 is 9.53 Å². The summed E-state index contributed by atoms with van der Waals surface area (Å²) in [6.07, 6.45) is 2.16. The highest BCUT2D eigenvalue weighted by atomic mass is 16.5. The SMILES string of the molecule is COCC1CCCN(C(=O)Nc2cccc(CN)c2)C1. The zero-order valence-corrected chi connectivity index (χ0v) is 12.0. The quantitative estimate of drug-likeness (QED) is 0.885. The zero-order valence-electron chi connectivity index (χ0n) is 12.0. The van der Waals surface area contributed by atoms with Crippen molar-refractivity contribution in [3.8, 4) is 0 Å². The third-order valence-corrected chi connectivity index (χ3v) is 3.62. The Balaban J connectivity index is 1.93. The normalized spacial score (nSPS) is 18.9. The number of nitrogens with zero attached hydrogens (tertiary/aromatic N) is 1. The van der Waals surface area contributed by atoms with Crippen LogP contribution >= 0.6 is 0 Å². The van der Waals surface area contributed by atoms with Crippen molar-refractivity contribution in [1.29, 1.82) is 0 Å². The van der Waals surface area contributed by atoms with Crippen molar-refractivity contribution in [3.05, 3.63) is 29.8 Å². The molecule has 0 aliphatic carbocycles. The lowest BCUT2D eigenvalue weighted by Crippen LogP contribution is -2.43. The lowest BCUT2D eigenvalue weighted by Gasteiger charge is -2.32. The molecule has 0 radical (unpaired) electrons. The van der Waals surface area contributed by atoms with Gasteiger partial charge in [0.1, 0.15) is 0 Å². The fourth-order valence-corrected chi connectivity index (χ4v) is 2.60. The number of hydrogen-bond donors (Lipinski definition) is 2. The first-order valence-corrected chi connectivity index (χ1v) is 7.07. The first kappa shape index (κ1) is 14.8. The van der Waals surface area contributed by atoms with Crippen molar-refractivity contribution in [2.24, 2.45) is 11.7 Å². The van der Waals surface area contributed by atoms with E-state index < -0.39 is 0 Å². The van der Waals surface area contributed by atoms with Gasteiger partial charge in [0.2, 0.25) is 0 Å². The largest absolute Gasteiger partial charge is 0.384 e. The average Bonchev–Trinajstić information content (AvgIpc) is 2.48. The number of piperidine rings is 1. The number of nitrogens with one attached hydrogen (secondary N) is 1. The molecule has 3 N–H and O–H groups in total. The fraction of sp³-hybridized carbons (Fsp3) is 0.533. The highest BCUT2D eigenvalue weighted by Gasteiger charge is 2.23. The molecule has 110 valence electrons. The van der Waals surface area contributed by atoms with Crippen molar-refractivity contribution in [2.75, 3.05) is 32.1 Å². The molecule has 0 bridgehead atoms. The predicted molar refractivity (Wildman–Crippen MR) is 79.5 cm³/mol. The van der Waals surface area contributed by atoms with Gasteiger partial charge in [-0.15, -0.1) is 0 Å². The van der Waals surface area contributed by atoms with Gasteiger partial charge in [0.05, 0.1) is 6.61 Å². The molecule has 1 aromatic rings. The lowest BCUT2D eigenvalue weighted by atomic mass is 9.99. The fourth-order valence-electron chi connectivity index (χ4n) is 2.60. The van der Waals surface area contributed by atoms with E-state index in [9.17, 15) is 4.79 Å². The molecule has 1 fully saturated rings. The third-order valence-electron chi connectivity index (χ3n) is 3.62. The second kappa shape index (κ2) is 7.26. The highest BCUT2D eigenvalue weighted by Crippen LogP contribution is 2.18. The van der Waals surface area contributed by atoms with Crippen LogP contribution in [0, 0.1) is 5.92 Å². The summed E-state index contributed by atoms with van der Waals surface area (Å²) in [6, 6.07) is 7.61. The molecule has 5 heteroatoms. The van der Waals surface area contributed by atoms with Gasteiger partial charge in [0, 0.05) is 38.3 Å². The average molecular weight is 277 g/mol. The van der Waals surface area contributed by atoms with Gasteiger partial charge >= 0.3 is 6.03 Å². The molecule has 0 spiro atoms. The highest BCUT2D eigenvalue weighted by molar-refractivity contribution is 5.89. The van der Waals surface area contributed by atoms with Gasteiger partial charge in [-0.05, 0) is 30.5 Å². The number of carbonyl (C=O) groups is 1. The molecule has 0 saturated carbocycles. The number of carbonyl (C=O) groups excluding carboxylic acids is 1. The lowest BCUT2D eigenvalue weighted by molar-refractivity contribution is 0.104. The molecule has 2 amide bonds. The van der Waals surface area contributed by atoms with Gasteiger partial charge in [-0.1, -0.05) is 12.1 Å². The molecule has 20 heavy (non-hydrogen) atoms. The standard InChI is InChI=1S/C15H23N3O2/c1-20-11-13-5-3-7-18(10-13)15(19)17-14-6-2-4-12(8-14)9-16/h2,4,6,8,13H,3,5,7,9-11,16H2,1H3,(H,17,19). The number of hydrogen-bond acceptors (Lipinski definition) is 3. The van der Waals surface area contributed by atoms with Crippen LogP contribution in [0.25, 0.3) is 0 Å². The minimum Gasteiger partial charge on any atom is -0.384 e.